The van der Waals surface area contributed by atoms with Crippen molar-refractivity contribution in [1.82, 2.24) is 14.0 Å². The van der Waals surface area contributed by atoms with Crippen molar-refractivity contribution >= 4 is 76.6 Å². The summed E-state index contributed by atoms with van der Waals surface area (Å²) in [5.41, 5.74) is 11.0. The molecule has 3 aliphatic rings. The number of benzene rings is 7. The summed E-state index contributed by atoms with van der Waals surface area (Å²) in [4.78, 5) is 8.24. The van der Waals surface area contributed by atoms with Gasteiger partial charge in [0.1, 0.15) is 6.17 Å². The van der Waals surface area contributed by atoms with E-state index in [1.165, 1.54) is 87.7 Å². The van der Waals surface area contributed by atoms with Gasteiger partial charge in [-0.05, 0) is 95.7 Å². The van der Waals surface area contributed by atoms with Gasteiger partial charge in [0.2, 0.25) is 0 Å². The number of fused-ring (bicyclic) bond motifs is 9. The molecule has 0 N–H and O–H groups in total. The number of aromatic nitrogens is 2. The summed E-state index contributed by atoms with van der Waals surface area (Å²) in [5.74, 6) is 0.145. The smallest absolute Gasteiger partial charge is 0.129 e. The molecule has 4 heteroatoms. The first-order chi connectivity index (χ1) is 28.2. The minimum absolute atomic E-state index is 0.145. The molecule has 272 valence electrons. The lowest BCUT2D eigenvalue weighted by atomic mass is 9.83. The van der Waals surface area contributed by atoms with Crippen molar-refractivity contribution in [3.05, 3.63) is 193 Å². The van der Waals surface area contributed by atoms with E-state index in [9.17, 15) is 0 Å². The molecule has 12 rings (SSSR count). The third-order valence-electron chi connectivity index (χ3n) is 12.8. The Morgan fingerprint density at radius 3 is 2.00 bits per heavy atom. The Kier molecular flexibility index (Phi) is 7.20. The van der Waals surface area contributed by atoms with E-state index in [-0.39, 0.29) is 18.1 Å². The fourth-order valence-corrected chi connectivity index (χ4v) is 10.1. The molecule has 9 aromatic rings. The molecule has 57 heavy (non-hydrogen) atoms. The fourth-order valence-electron chi connectivity index (χ4n) is 10.1. The van der Waals surface area contributed by atoms with E-state index in [1.807, 2.05) is 0 Å². The first kappa shape index (κ1) is 32.5. The highest BCUT2D eigenvalue weighted by molar-refractivity contribution is 6.16. The minimum atomic E-state index is -0.172. The van der Waals surface area contributed by atoms with Crippen LogP contribution in [0.1, 0.15) is 30.1 Å². The van der Waals surface area contributed by atoms with E-state index in [2.05, 4.69) is 203 Å². The summed E-state index contributed by atoms with van der Waals surface area (Å²) < 4.78 is 4.94. The van der Waals surface area contributed by atoms with Crippen LogP contribution in [0.3, 0.4) is 0 Å². The topological polar surface area (TPSA) is 25.5 Å². The second kappa shape index (κ2) is 12.6. The molecular weight excluding hydrogens is 693 g/mol. The molecule has 0 amide bonds. The lowest BCUT2D eigenvalue weighted by Crippen LogP contribution is -2.46. The van der Waals surface area contributed by atoms with Crippen molar-refractivity contribution in [3.8, 4) is 5.69 Å². The molecule has 2 aliphatic carbocycles. The molecular formula is C53H40N4. The molecule has 1 aliphatic heterocycles. The van der Waals surface area contributed by atoms with E-state index in [1.54, 1.807) is 0 Å². The maximum atomic E-state index is 5.77. The summed E-state index contributed by atoms with van der Waals surface area (Å²) >= 11 is 0. The molecule has 3 heterocycles. The van der Waals surface area contributed by atoms with Crippen molar-refractivity contribution in [2.24, 2.45) is 10.9 Å². The van der Waals surface area contributed by atoms with Crippen LogP contribution < -0.4 is 0 Å². The van der Waals surface area contributed by atoms with Crippen LogP contribution in [0, 0.1) is 5.92 Å². The zero-order valence-electron chi connectivity index (χ0n) is 31.8. The molecule has 0 fully saturated rings. The van der Waals surface area contributed by atoms with Gasteiger partial charge in [0.05, 0.1) is 33.5 Å². The number of allylic oxidation sites excluding steroid dienone is 6. The highest BCUT2D eigenvalue weighted by Crippen LogP contribution is 2.43. The standard InChI is InChI=1S/C53H40N4/c1-55-46-24-12-11-23-43(46)52(36-27-29-50-44(32-36)40-21-9-13-25-47(40)56(50)37-17-3-2-4-18-37)54-53(55)42-28-30-49(39-20-8-7-19-38(39)42)57-48-26-14-10-22-41(48)45-31-34-15-5-6-16-35(34)33-51(45)57/h2-3,5-17,19-33,43,46,53H,4,18H2,1H3/t43?,46?,53-/m0/s1. The van der Waals surface area contributed by atoms with Crippen LogP contribution in [0.25, 0.3) is 76.5 Å². The highest BCUT2D eigenvalue weighted by atomic mass is 15.3. The largest absolute Gasteiger partial charge is 0.313 e. The SMILES string of the molecule is CN1C2C=CC=CC2C(c2ccc3c(c2)c2ccccc2n3C2=CC=CCC2)=N[C@@H]1c1ccc(-n2c3ccccc3c3cc4ccccc4cc32)c2ccccc12. The monoisotopic (exact) mass is 732 g/mol. The summed E-state index contributed by atoms with van der Waals surface area (Å²) in [5, 5.41) is 10.0. The first-order valence-corrected chi connectivity index (χ1v) is 20.2. The minimum Gasteiger partial charge on any atom is -0.313 e. The average Bonchev–Trinajstić information content (AvgIpc) is 3.78. The van der Waals surface area contributed by atoms with Crippen LogP contribution in [0.15, 0.2) is 187 Å². The molecule has 2 aromatic heterocycles. The summed E-state index contributed by atoms with van der Waals surface area (Å²) in [6.45, 7) is 0. The zero-order valence-corrected chi connectivity index (χ0v) is 31.8. The van der Waals surface area contributed by atoms with E-state index >= 15 is 0 Å². The highest BCUT2D eigenvalue weighted by Gasteiger charge is 2.38. The molecule has 4 nitrogen and oxygen atoms in total. The summed E-state index contributed by atoms with van der Waals surface area (Å²) in [7, 11) is 2.25. The molecule has 7 aromatic carbocycles. The number of hydrogen-bond acceptors (Lipinski definition) is 2. The van der Waals surface area contributed by atoms with Gasteiger partial charge in [0.15, 0.2) is 0 Å². The van der Waals surface area contributed by atoms with E-state index in [4.69, 9.17) is 4.99 Å². The molecule has 3 atom stereocenters. The molecule has 0 spiro atoms. The molecule has 0 saturated carbocycles. The Morgan fingerprint density at radius 1 is 0.544 bits per heavy atom. The second-order valence-electron chi connectivity index (χ2n) is 15.8. The van der Waals surface area contributed by atoms with Gasteiger partial charge in [-0.3, -0.25) is 9.89 Å². The predicted octanol–water partition coefficient (Wildman–Crippen LogP) is 12.9. The molecule has 2 unspecified atom stereocenters. The lowest BCUT2D eigenvalue weighted by molar-refractivity contribution is 0.180. The van der Waals surface area contributed by atoms with Gasteiger partial charge in [0, 0.05) is 44.6 Å². The van der Waals surface area contributed by atoms with Crippen LogP contribution in [0.5, 0.6) is 0 Å². The van der Waals surface area contributed by atoms with Gasteiger partial charge < -0.3 is 9.13 Å². The number of rotatable bonds is 4. The summed E-state index contributed by atoms with van der Waals surface area (Å²) in [6, 6.07) is 51.9. The van der Waals surface area contributed by atoms with Crippen LogP contribution in [-0.4, -0.2) is 32.8 Å². The zero-order chi connectivity index (χ0) is 37.6. The van der Waals surface area contributed by atoms with Gasteiger partial charge in [-0.25, -0.2) is 0 Å². The Bertz CT molecular complexity index is 3290. The molecule has 0 bridgehead atoms. The van der Waals surface area contributed by atoms with Crippen molar-refractivity contribution in [2.75, 3.05) is 7.05 Å². The predicted molar refractivity (Wildman–Crippen MR) is 240 cm³/mol. The van der Waals surface area contributed by atoms with Crippen molar-refractivity contribution < 1.29 is 0 Å². The second-order valence-corrected chi connectivity index (χ2v) is 15.8. The first-order valence-electron chi connectivity index (χ1n) is 20.2. The normalized spacial score (nSPS) is 19.6. The van der Waals surface area contributed by atoms with Crippen LogP contribution >= 0.6 is 0 Å². The summed E-state index contributed by atoms with van der Waals surface area (Å²) in [6.07, 6.45) is 17.8. The van der Waals surface area contributed by atoms with Crippen LogP contribution in [-0.2, 0) is 0 Å². The quantitative estimate of drug-likeness (QED) is 0.177. The third-order valence-corrected chi connectivity index (χ3v) is 12.8. The van der Waals surface area contributed by atoms with E-state index in [0.29, 0.717) is 0 Å². The number of para-hydroxylation sites is 2. The number of hydrogen-bond donors (Lipinski definition) is 0. The Hall–Kier alpha value is -6.75. The van der Waals surface area contributed by atoms with Gasteiger partial charge in [-0.2, -0.15) is 0 Å². The number of aliphatic imine (C=N–C) groups is 1. The Balaban J connectivity index is 1.05. The van der Waals surface area contributed by atoms with Gasteiger partial charge in [-0.1, -0.05) is 134 Å². The van der Waals surface area contributed by atoms with Gasteiger partial charge >= 0.3 is 0 Å². The number of nitrogens with zero attached hydrogens (tertiary/aromatic N) is 4. The van der Waals surface area contributed by atoms with Crippen molar-refractivity contribution in [2.45, 2.75) is 25.0 Å². The molecule has 0 saturated heterocycles. The van der Waals surface area contributed by atoms with E-state index < -0.39 is 0 Å². The third kappa shape index (κ3) is 4.87. The van der Waals surface area contributed by atoms with Crippen molar-refractivity contribution in [1.29, 1.82) is 0 Å². The maximum Gasteiger partial charge on any atom is 0.129 e. The Morgan fingerprint density at radius 2 is 1.21 bits per heavy atom. The van der Waals surface area contributed by atoms with E-state index in [0.717, 1.165) is 18.6 Å². The van der Waals surface area contributed by atoms with Crippen LogP contribution in [0.4, 0.5) is 0 Å². The Labute approximate surface area is 331 Å². The number of likely N-dealkylation sites (N-methyl/N-ethyl adjacent to an activating group) is 1. The lowest BCUT2D eigenvalue weighted by Gasteiger charge is -2.42. The fraction of sp³-hybridized carbons (Fsp3) is 0.113. The average molecular weight is 733 g/mol. The molecule has 0 radical (unpaired) electrons. The maximum absolute atomic E-state index is 5.77. The van der Waals surface area contributed by atoms with Crippen LogP contribution in [0.2, 0.25) is 0 Å². The van der Waals surface area contributed by atoms with Crippen molar-refractivity contribution in [3.63, 3.8) is 0 Å². The van der Waals surface area contributed by atoms with Gasteiger partial charge in [-0.15, -0.1) is 0 Å². The van der Waals surface area contributed by atoms with Gasteiger partial charge in [0.25, 0.3) is 0 Å².